The van der Waals surface area contributed by atoms with E-state index >= 15 is 0 Å². The molecule has 1 N–H and O–H groups in total. The molecular formula is C22H30N4O3. The van der Waals surface area contributed by atoms with Gasteiger partial charge in [0.25, 0.3) is 0 Å². The SMILES string of the molecule is CC(C)CCCN1C(=O)NC(=O)[C@]2(Cc3ccccc3N3CCN(C)C[C@H]32)C1=O. The molecule has 7 nitrogen and oxygen atoms in total. The normalized spacial score (nSPS) is 27.3. The zero-order valence-corrected chi connectivity index (χ0v) is 17.5. The predicted octanol–water partition coefficient (Wildman–Crippen LogP) is 1.86. The van der Waals surface area contributed by atoms with Crippen molar-refractivity contribution in [2.45, 2.75) is 39.2 Å². The number of carbonyl (C=O) groups is 3. The molecule has 2 fully saturated rings. The molecule has 1 aromatic carbocycles. The van der Waals surface area contributed by atoms with E-state index in [0.717, 1.165) is 37.2 Å². The quantitative estimate of drug-likeness (QED) is 0.784. The molecule has 156 valence electrons. The summed E-state index contributed by atoms with van der Waals surface area (Å²) in [6.45, 7) is 6.83. The van der Waals surface area contributed by atoms with Crippen LogP contribution in [0, 0.1) is 11.3 Å². The summed E-state index contributed by atoms with van der Waals surface area (Å²) in [5.74, 6) is -0.292. The van der Waals surface area contributed by atoms with E-state index in [-0.39, 0.29) is 11.9 Å². The maximum atomic E-state index is 13.8. The highest BCUT2D eigenvalue weighted by Crippen LogP contribution is 2.45. The van der Waals surface area contributed by atoms with E-state index in [1.54, 1.807) is 0 Å². The number of nitrogens with one attached hydrogen (secondary N) is 1. The van der Waals surface area contributed by atoms with Crippen LogP contribution in [0.15, 0.2) is 24.3 Å². The van der Waals surface area contributed by atoms with Crippen LogP contribution in [0.3, 0.4) is 0 Å². The molecule has 3 heterocycles. The topological polar surface area (TPSA) is 73.0 Å². The van der Waals surface area contributed by atoms with E-state index in [0.29, 0.717) is 25.4 Å². The summed E-state index contributed by atoms with van der Waals surface area (Å²) in [7, 11) is 2.02. The number of fused-ring (bicyclic) bond motifs is 4. The number of urea groups is 1. The van der Waals surface area contributed by atoms with Crippen molar-refractivity contribution in [3.05, 3.63) is 29.8 Å². The van der Waals surface area contributed by atoms with Crippen molar-refractivity contribution in [2.24, 2.45) is 11.3 Å². The van der Waals surface area contributed by atoms with Crippen LogP contribution in [0.4, 0.5) is 10.5 Å². The summed E-state index contributed by atoms with van der Waals surface area (Å²) in [5.41, 5.74) is 0.822. The Morgan fingerprint density at radius 3 is 2.69 bits per heavy atom. The molecule has 0 aliphatic carbocycles. The molecule has 29 heavy (non-hydrogen) atoms. The van der Waals surface area contributed by atoms with Gasteiger partial charge in [-0.2, -0.15) is 0 Å². The maximum absolute atomic E-state index is 13.8. The van der Waals surface area contributed by atoms with E-state index < -0.39 is 17.4 Å². The Morgan fingerprint density at radius 1 is 1.17 bits per heavy atom. The Hall–Kier alpha value is -2.41. The summed E-state index contributed by atoms with van der Waals surface area (Å²) >= 11 is 0. The molecule has 3 aliphatic heterocycles. The lowest BCUT2D eigenvalue weighted by molar-refractivity contribution is -0.154. The molecule has 4 amide bonds. The number of barbiturate groups is 1. The third-order valence-electron chi connectivity index (χ3n) is 6.58. The van der Waals surface area contributed by atoms with Crippen molar-refractivity contribution < 1.29 is 14.4 Å². The van der Waals surface area contributed by atoms with Crippen molar-refractivity contribution in [2.75, 3.05) is 38.1 Å². The van der Waals surface area contributed by atoms with Gasteiger partial charge < -0.3 is 9.80 Å². The summed E-state index contributed by atoms with van der Waals surface area (Å²) in [5, 5.41) is 2.52. The van der Waals surface area contributed by atoms with Gasteiger partial charge in [-0.25, -0.2) is 4.79 Å². The van der Waals surface area contributed by atoms with Crippen LogP contribution >= 0.6 is 0 Å². The second-order valence-corrected chi connectivity index (χ2v) is 9.00. The first-order chi connectivity index (χ1) is 13.8. The van der Waals surface area contributed by atoms with Gasteiger partial charge in [0.2, 0.25) is 11.8 Å². The van der Waals surface area contributed by atoms with Gasteiger partial charge in [0.1, 0.15) is 0 Å². The second kappa shape index (κ2) is 7.44. The summed E-state index contributed by atoms with van der Waals surface area (Å²) in [6, 6.07) is 7.13. The first-order valence-corrected chi connectivity index (χ1v) is 10.5. The van der Waals surface area contributed by atoms with Crippen LogP contribution in [0.1, 0.15) is 32.3 Å². The number of para-hydroxylation sites is 1. The second-order valence-electron chi connectivity index (χ2n) is 9.00. The Balaban J connectivity index is 1.74. The molecule has 3 aliphatic rings. The van der Waals surface area contributed by atoms with Crippen LogP contribution in [0.25, 0.3) is 0 Å². The average Bonchev–Trinajstić information content (AvgIpc) is 2.68. The Bertz CT molecular complexity index is 839. The minimum Gasteiger partial charge on any atom is -0.364 e. The van der Waals surface area contributed by atoms with E-state index in [4.69, 9.17) is 0 Å². The number of imide groups is 2. The van der Waals surface area contributed by atoms with E-state index in [2.05, 4.69) is 35.0 Å². The van der Waals surface area contributed by atoms with Crippen LogP contribution in [0.5, 0.6) is 0 Å². The number of hydrogen-bond donors (Lipinski definition) is 1. The smallest absolute Gasteiger partial charge is 0.330 e. The fraction of sp³-hybridized carbons (Fsp3) is 0.591. The molecule has 0 aromatic heterocycles. The number of rotatable bonds is 4. The molecule has 0 saturated carbocycles. The summed E-state index contributed by atoms with van der Waals surface area (Å²) in [6.07, 6.45) is 2.00. The number of carbonyl (C=O) groups excluding carboxylic acids is 3. The summed E-state index contributed by atoms with van der Waals surface area (Å²) < 4.78 is 0. The highest BCUT2D eigenvalue weighted by atomic mass is 16.2. The fourth-order valence-electron chi connectivity index (χ4n) is 5.01. The van der Waals surface area contributed by atoms with Crippen LogP contribution in [-0.4, -0.2) is 66.9 Å². The van der Waals surface area contributed by atoms with Crippen LogP contribution < -0.4 is 10.2 Å². The minimum absolute atomic E-state index is 0.288. The predicted molar refractivity (Wildman–Crippen MR) is 111 cm³/mol. The third-order valence-corrected chi connectivity index (χ3v) is 6.58. The third kappa shape index (κ3) is 3.21. The van der Waals surface area contributed by atoms with Gasteiger partial charge in [0.05, 0.1) is 6.04 Å². The molecule has 2 saturated heterocycles. The van der Waals surface area contributed by atoms with Gasteiger partial charge >= 0.3 is 6.03 Å². The van der Waals surface area contributed by atoms with Gasteiger partial charge in [-0.3, -0.25) is 19.8 Å². The van der Waals surface area contributed by atoms with E-state index in [1.165, 1.54) is 4.90 Å². The van der Waals surface area contributed by atoms with E-state index in [1.807, 2.05) is 25.2 Å². The molecule has 1 spiro atoms. The zero-order chi connectivity index (χ0) is 20.8. The molecular weight excluding hydrogens is 368 g/mol. The molecule has 4 rings (SSSR count). The highest BCUT2D eigenvalue weighted by molar-refractivity contribution is 6.20. The summed E-state index contributed by atoms with van der Waals surface area (Å²) in [4.78, 5) is 45.2. The first kappa shape index (κ1) is 19.9. The molecule has 0 unspecified atom stereocenters. The number of piperazine rings is 1. The van der Waals surface area contributed by atoms with Gasteiger partial charge in [-0.15, -0.1) is 0 Å². The van der Waals surface area contributed by atoms with Crippen LogP contribution in [0.2, 0.25) is 0 Å². The Kier molecular flexibility index (Phi) is 5.11. The fourth-order valence-corrected chi connectivity index (χ4v) is 5.01. The minimum atomic E-state index is -1.27. The number of likely N-dealkylation sites (N-methyl/N-ethyl adjacent to an activating group) is 1. The monoisotopic (exact) mass is 398 g/mol. The Labute approximate surface area is 172 Å². The van der Waals surface area contributed by atoms with Crippen molar-refractivity contribution >= 4 is 23.5 Å². The highest BCUT2D eigenvalue weighted by Gasteiger charge is 2.62. The van der Waals surface area contributed by atoms with Gasteiger partial charge in [-0.1, -0.05) is 32.0 Å². The van der Waals surface area contributed by atoms with Crippen molar-refractivity contribution in [1.29, 1.82) is 0 Å². The number of nitrogens with zero attached hydrogens (tertiary/aromatic N) is 3. The van der Waals surface area contributed by atoms with Crippen molar-refractivity contribution in [1.82, 2.24) is 15.1 Å². The van der Waals surface area contributed by atoms with Gasteiger partial charge in [-0.05, 0) is 43.9 Å². The standard InChI is InChI=1S/C22H30N4O3/c1-15(2)7-6-10-26-20(28)22(19(27)23-21(26)29)13-16-8-4-5-9-17(16)25-12-11-24(3)14-18(22)25/h4-5,8-9,15,18H,6-7,10-14H2,1-3H3,(H,23,27,29)/t18-,22+/m0/s1. The lowest BCUT2D eigenvalue weighted by Crippen LogP contribution is -2.75. The molecule has 2 atom stereocenters. The maximum Gasteiger partial charge on any atom is 0.330 e. The Morgan fingerprint density at radius 2 is 1.93 bits per heavy atom. The van der Waals surface area contributed by atoms with Crippen molar-refractivity contribution in [3.8, 4) is 0 Å². The zero-order valence-electron chi connectivity index (χ0n) is 17.5. The van der Waals surface area contributed by atoms with Gasteiger partial charge in [0, 0.05) is 31.9 Å². The van der Waals surface area contributed by atoms with E-state index in [9.17, 15) is 14.4 Å². The molecule has 1 aromatic rings. The number of benzene rings is 1. The largest absolute Gasteiger partial charge is 0.364 e. The van der Waals surface area contributed by atoms with Gasteiger partial charge in [0.15, 0.2) is 5.41 Å². The number of anilines is 1. The lowest BCUT2D eigenvalue weighted by Gasteiger charge is -2.55. The first-order valence-electron chi connectivity index (χ1n) is 10.5. The molecule has 0 bridgehead atoms. The number of hydrogen-bond acceptors (Lipinski definition) is 5. The lowest BCUT2D eigenvalue weighted by atomic mass is 9.67. The van der Waals surface area contributed by atoms with Crippen molar-refractivity contribution in [3.63, 3.8) is 0 Å². The molecule has 7 heteroatoms. The molecule has 0 radical (unpaired) electrons. The van der Waals surface area contributed by atoms with Crippen LogP contribution in [-0.2, 0) is 16.0 Å². The average molecular weight is 399 g/mol. The number of amides is 4.